The second-order valence-electron chi connectivity index (χ2n) is 4.87. The number of rotatable bonds is 6. The van der Waals surface area contributed by atoms with Gasteiger partial charge < -0.3 is 15.5 Å². The van der Waals surface area contributed by atoms with E-state index in [1.807, 2.05) is 38.1 Å². The Morgan fingerprint density at radius 3 is 2.57 bits per heavy atom. The van der Waals surface area contributed by atoms with Gasteiger partial charge in [-0.15, -0.1) is 24.0 Å². The zero-order valence-electron chi connectivity index (χ0n) is 13.4. The summed E-state index contributed by atoms with van der Waals surface area (Å²) in [6, 6.07) is 3.70. The molecule has 0 amide bonds. The molecule has 1 aromatic heterocycles. The molecule has 0 spiro atoms. The highest BCUT2D eigenvalue weighted by Crippen LogP contribution is 2.18. The summed E-state index contributed by atoms with van der Waals surface area (Å²) in [5.74, 6) is 1.15. The van der Waals surface area contributed by atoms with Gasteiger partial charge in [-0.25, -0.2) is 9.98 Å². The molecule has 0 aliphatic carbocycles. The second-order valence-corrected chi connectivity index (χ2v) is 4.87. The summed E-state index contributed by atoms with van der Waals surface area (Å²) in [6.07, 6.45) is -3.38. The third kappa shape index (κ3) is 8.82. The predicted octanol–water partition coefficient (Wildman–Crippen LogP) is 2.77. The Morgan fingerprint density at radius 2 is 2.00 bits per heavy atom. The first kappa shape index (κ1) is 21.7. The maximum absolute atomic E-state index is 12.2. The van der Waals surface area contributed by atoms with E-state index in [2.05, 4.69) is 20.6 Å². The van der Waals surface area contributed by atoms with E-state index in [1.54, 1.807) is 6.20 Å². The van der Waals surface area contributed by atoms with E-state index in [0.29, 0.717) is 19.0 Å². The van der Waals surface area contributed by atoms with Gasteiger partial charge in [0.2, 0.25) is 0 Å². The van der Waals surface area contributed by atoms with E-state index >= 15 is 0 Å². The van der Waals surface area contributed by atoms with Crippen LogP contribution in [-0.2, 0) is 6.54 Å². The second kappa shape index (κ2) is 10.5. The lowest BCUT2D eigenvalue weighted by Gasteiger charge is -2.16. The normalized spacial score (nSPS) is 11.7. The van der Waals surface area contributed by atoms with E-state index in [1.165, 1.54) is 0 Å². The van der Waals surface area contributed by atoms with Gasteiger partial charge >= 0.3 is 6.18 Å². The molecule has 9 heteroatoms. The molecule has 1 rings (SSSR count). The summed E-state index contributed by atoms with van der Waals surface area (Å²) < 4.78 is 36.5. The Morgan fingerprint density at radius 1 is 1.30 bits per heavy atom. The molecule has 132 valence electrons. The lowest BCUT2D eigenvalue weighted by Crippen LogP contribution is -2.38. The number of guanidine groups is 1. The summed E-state index contributed by atoms with van der Waals surface area (Å²) in [7, 11) is 3.75. The average Bonchev–Trinajstić information content (AvgIpc) is 2.43. The highest BCUT2D eigenvalue weighted by atomic mass is 127. The molecule has 1 heterocycles. The Labute approximate surface area is 151 Å². The Hall–Kier alpha value is -1.26. The topological polar surface area (TPSA) is 52.6 Å². The molecule has 0 aromatic carbocycles. The lowest BCUT2D eigenvalue weighted by molar-refractivity contribution is -0.132. The summed E-state index contributed by atoms with van der Waals surface area (Å²) in [5, 5.41) is 5.61. The molecule has 0 saturated heterocycles. The van der Waals surface area contributed by atoms with E-state index < -0.39 is 12.6 Å². The number of hydrogen-bond donors (Lipinski definition) is 2. The molecule has 23 heavy (non-hydrogen) atoms. The van der Waals surface area contributed by atoms with Crippen LogP contribution < -0.4 is 15.5 Å². The molecule has 0 atom stereocenters. The minimum absolute atomic E-state index is 0. The number of nitrogens with zero attached hydrogens (tertiary/aromatic N) is 3. The number of pyridine rings is 1. The van der Waals surface area contributed by atoms with Crippen LogP contribution in [0.3, 0.4) is 0 Å². The first-order chi connectivity index (χ1) is 10.3. The van der Waals surface area contributed by atoms with Gasteiger partial charge in [-0.3, -0.25) is 0 Å². The van der Waals surface area contributed by atoms with Crippen molar-refractivity contribution < 1.29 is 13.2 Å². The van der Waals surface area contributed by atoms with Crippen molar-refractivity contribution in [3.8, 4) is 0 Å². The molecular weight excluding hydrogens is 422 g/mol. The fourth-order valence-corrected chi connectivity index (χ4v) is 1.78. The van der Waals surface area contributed by atoms with E-state index in [4.69, 9.17) is 0 Å². The van der Waals surface area contributed by atoms with Crippen LogP contribution in [0.4, 0.5) is 19.0 Å². The highest BCUT2D eigenvalue weighted by molar-refractivity contribution is 14.0. The van der Waals surface area contributed by atoms with E-state index in [0.717, 1.165) is 11.4 Å². The van der Waals surface area contributed by atoms with Gasteiger partial charge in [-0.2, -0.15) is 13.2 Å². The molecular formula is C14H23F3IN5. The van der Waals surface area contributed by atoms with E-state index in [-0.39, 0.29) is 30.5 Å². The molecule has 0 bridgehead atoms. The summed E-state index contributed by atoms with van der Waals surface area (Å²) in [5.41, 5.74) is 0.903. The smallest absolute Gasteiger partial charge is 0.362 e. The van der Waals surface area contributed by atoms with Crippen molar-refractivity contribution in [1.82, 2.24) is 15.6 Å². The van der Waals surface area contributed by atoms with Crippen molar-refractivity contribution in [2.24, 2.45) is 4.99 Å². The van der Waals surface area contributed by atoms with E-state index in [9.17, 15) is 13.2 Å². The maximum Gasteiger partial charge on any atom is 0.390 e. The van der Waals surface area contributed by atoms with Crippen LogP contribution >= 0.6 is 24.0 Å². The van der Waals surface area contributed by atoms with Crippen LogP contribution in [0.2, 0.25) is 0 Å². The average molecular weight is 445 g/mol. The number of hydrogen-bond acceptors (Lipinski definition) is 3. The van der Waals surface area contributed by atoms with Gasteiger partial charge in [-0.1, -0.05) is 6.07 Å². The maximum atomic E-state index is 12.2. The quantitative estimate of drug-likeness (QED) is 0.402. The SMILES string of the molecule is CCNC(=NCc1cccnc1N(C)C)NCCC(F)(F)F.I. The standard InChI is InChI=1S/C14H22F3N5.HI/c1-4-18-13(20-9-7-14(15,16)17)21-10-11-6-5-8-19-12(11)22(2)3;/h5-6,8H,4,7,9-10H2,1-3H3,(H2,18,20,21);1H. The molecule has 0 saturated carbocycles. The minimum atomic E-state index is -4.17. The molecule has 0 fully saturated rings. The van der Waals surface area contributed by atoms with Gasteiger partial charge in [0.1, 0.15) is 5.82 Å². The zero-order valence-corrected chi connectivity index (χ0v) is 15.8. The van der Waals surface area contributed by atoms with Gasteiger partial charge in [-0.05, 0) is 13.0 Å². The van der Waals surface area contributed by atoms with Crippen LogP contribution in [0.25, 0.3) is 0 Å². The summed E-state index contributed by atoms with van der Waals surface area (Å²) in [4.78, 5) is 10.4. The molecule has 2 N–H and O–H groups in total. The Bertz CT molecular complexity index is 492. The Balaban J connectivity index is 0.00000484. The molecule has 5 nitrogen and oxygen atoms in total. The third-order valence-corrected chi connectivity index (χ3v) is 2.74. The van der Waals surface area contributed by atoms with Gasteiger partial charge in [0.15, 0.2) is 5.96 Å². The molecule has 0 aliphatic rings. The van der Waals surface area contributed by atoms with Crippen molar-refractivity contribution in [3.63, 3.8) is 0 Å². The predicted molar refractivity (Wildman–Crippen MR) is 97.5 cm³/mol. The fourth-order valence-electron chi connectivity index (χ4n) is 1.78. The number of halogens is 4. The van der Waals surface area contributed by atoms with Crippen molar-refractivity contribution in [2.75, 3.05) is 32.1 Å². The van der Waals surface area contributed by atoms with Gasteiger partial charge in [0.05, 0.1) is 13.0 Å². The third-order valence-electron chi connectivity index (χ3n) is 2.74. The van der Waals surface area contributed by atoms with Crippen molar-refractivity contribution in [1.29, 1.82) is 0 Å². The number of alkyl halides is 3. The molecule has 1 aromatic rings. The van der Waals surface area contributed by atoms with Gasteiger partial charge in [0, 0.05) is 38.9 Å². The number of nitrogens with one attached hydrogen (secondary N) is 2. The van der Waals surface area contributed by atoms with Crippen molar-refractivity contribution in [3.05, 3.63) is 23.9 Å². The number of anilines is 1. The summed E-state index contributed by atoms with van der Waals surface area (Å²) >= 11 is 0. The first-order valence-electron chi connectivity index (χ1n) is 7.03. The van der Waals surface area contributed by atoms with Crippen molar-refractivity contribution in [2.45, 2.75) is 26.1 Å². The number of aromatic nitrogens is 1. The molecule has 0 unspecified atom stereocenters. The minimum Gasteiger partial charge on any atom is -0.362 e. The number of aliphatic imine (C=N–C) groups is 1. The monoisotopic (exact) mass is 445 g/mol. The van der Waals surface area contributed by atoms with Crippen molar-refractivity contribution >= 4 is 35.8 Å². The van der Waals surface area contributed by atoms with Crippen LogP contribution in [-0.4, -0.2) is 44.3 Å². The zero-order chi connectivity index (χ0) is 16.6. The van der Waals surface area contributed by atoms with Crippen LogP contribution in [0.5, 0.6) is 0 Å². The van der Waals surface area contributed by atoms with Crippen LogP contribution in [0, 0.1) is 0 Å². The highest BCUT2D eigenvalue weighted by Gasteiger charge is 2.26. The van der Waals surface area contributed by atoms with Crippen LogP contribution in [0.1, 0.15) is 18.9 Å². The van der Waals surface area contributed by atoms with Crippen LogP contribution in [0.15, 0.2) is 23.3 Å². The molecule has 0 aliphatic heterocycles. The van der Waals surface area contributed by atoms with Gasteiger partial charge in [0.25, 0.3) is 0 Å². The fraction of sp³-hybridized carbons (Fsp3) is 0.571. The lowest BCUT2D eigenvalue weighted by atomic mass is 10.2. The first-order valence-corrected chi connectivity index (χ1v) is 7.03. The molecule has 0 radical (unpaired) electrons. The Kier molecular flexibility index (Phi) is 9.93. The summed E-state index contributed by atoms with van der Waals surface area (Å²) in [6.45, 7) is 2.56. The largest absolute Gasteiger partial charge is 0.390 e.